The van der Waals surface area contributed by atoms with E-state index in [4.69, 9.17) is 0 Å². The van der Waals surface area contributed by atoms with Gasteiger partial charge in [-0.25, -0.2) is 0 Å². The number of hydrogen-bond acceptors (Lipinski definition) is 3. The first-order valence-corrected chi connectivity index (χ1v) is 7.03. The molecule has 2 aliphatic rings. The summed E-state index contributed by atoms with van der Waals surface area (Å²) in [7, 11) is 0. The van der Waals surface area contributed by atoms with E-state index in [-0.39, 0.29) is 30.8 Å². The molecule has 0 bridgehead atoms. The van der Waals surface area contributed by atoms with Crippen LogP contribution < -0.4 is 10.6 Å². The van der Waals surface area contributed by atoms with E-state index in [9.17, 15) is 9.59 Å². The summed E-state index contributed by atoms with van der Waals surface area (Å²) >= 11 is 0. The van der Waals surface area contributed by atoms with Crippen molar-refractivity contribution < 1.29 is 9.59 Å². The van der Waals surface area contributed by atoms with Gasteiger partial charge in [0.2, 0.25) is 11.8 Å². The molecule has 0 saturated carbocycles. The maximum Gasteiger partial charge on any atom is 0.241 e. The van der Waals surface area contributed by atoms with Gasteiger partial charge in [-0.15, -0.1) is 12.4 Å². The molecule has 0 aromatic carbocycles. The largest absolute Gasteiger partial charge is 0.347 e. The number of carbonyl (C=O) groups excluding carboxylic acids is 2. The molecule has 2 rings (SSSR count). The molecule has 19 heavy (non-hydrogen) atoms. The highest BCUT2D eigenvalue weighted by Gasteiger charge is 2.20. The second-order valence-electron chi connectivity index (χ2n) is 5.22. The van der Waals surface area contributed by atoms with Crippen molar-refractivity contribution in [2.75, 3.05) is 26.2 Å². The fourth-order valence-corrected chi connectivity index (χ4v) is 2.66. The molecular formula is C13H24ClN3O2. The molecule has 2 heterocycles. The van der Waals surface area contributed by atoms with Crippen LogP contribution in [0.2, 0.25) is 0 Å². The minimum atomic E-state index is -0.0141. The topological polar surface area (TPSA) is 61.4 Å². The minimum absolute atomic E-state index is 0. The van der Waals surface area contributed by atoms with Crippen molar-refractivity contribution >= 4 is 24.2 Å². The van der Waals surface area contributed by atoms with Gasteiger partial charge >= 0.3 is 0 Å². The van der Waals surface area contributed by atoms with Crippen LogP contribution in [0.1, 0.15) is 38.5 Å². The number of halogens is 1. The molecule has 6 heteroatoms. The van der Waals surface area contributed by atoms with E-state index < -0.39 is 0 Å². The maximum atomic E-state index is 11.8. The Morgan fingerprint density at radius 3 is 2.53 bits per heavy atom. The quantitative estimate of drug-likeness (QED) is 0.800. The number of hydrogen-bond donors (Lipinski definition) is 2. The van der Waals surface area contributed by atoms with E-state index in [0.717, 1.165) is 45.3 Å². The van der Waals surface area contributed by atoms with Crippen LogP contribution in [-0.2, 0) is 9.59 Å². The zero-order valence-electron chi connectivity index (χ0n) is 11.3. The van der Waals surface area contributed by atoms with Gasteiger partial charge in [0, 0.05) is 25.6 Å². The van der Waals surface area contributed by atoms with Crippen LogP contribution in [0, 0.1) is 0 Å². The molecule has 1 atom stereocenters. The van der Waals surface area contributed by atoms with Crippen molar-refractivity contribution in [1.29, 1.82) is 0 Å². The summed E-state index contributed by atoms with van der Waals surface area (Å²) in [5.74, 6) is 0.0437. The van der Waals surface area contributed by atoms with Gasteiger partial charge in [-0.1, -0.05) is 0 Å². The third kappa shape index (κ3) is 5.37. The average Bonchev–Trinajstić information content (AvgIpc) is 2.90. The molecular weight excluding hydrogens is 266 g/mol. The second-order valence-corrected chi connectivity index (χ2v) is 5.22. The number of amides is 2. The van der Waals surface area contributed by atoms with Crippen LogP contribution in [0.15, 0.2) is 0 Å². The van der Waals surface area contributed by atoms with Crippen molar-refractivity contribution in [3.05, 3.63) is 0 Å². The summed E-state index contributed by atoms with van der Waals surface area (Å²) in [6.45, 7) is 2.86. The summed E-state index contributed by atoms with van der Waals surface area (Å²) in [6, 6.07) is 0.301. The van der Waals surface area contributed by atoms with Gasteiger partial charge in [0.05, 0.1) is 6.54 Å². The lowest BCUT2D eigenvalue weighted by Crippen LogP contribution is -2.43. The molecule has 2 N–H and O–H groups in total. The first-order valence-electron chi connectivity index (χ1n) is 7.03. The molecule has 2 fully saturated rings. The smallest absolute Gasteiger partial charge is 0.241 e. The average molecular weight is 290 g/mol. The van der Waals surface area contributed by atoms with Gasteiger partial charge in [-0.05, 0) is 38.6 Å². The van der Waals surface area contributed by atoms with E-state index in [1.165, 1.54) is 6.42 Å². The molecule has 1 unspecified atom stereocenters. The summed E-state index contributed by atoms with van der Waals surface area (Å²) in [6.07, 6.45) is 6.09. The number of nitrogens with one attached hydrogen (secondary N) is 2. The predicted octanol–water partition coefficient (Wildman–Crippen LogP) is 0.679. The maximum absolute atomic E-state index is 11.8. The Bertz CT molecular complexity index is 300. The Balaban J connectivity index is 0.00000180. The lowest BCUT2D eigenvalue weighted by molar-refractivity contribution is -0.133. The molecule has 0 aromatic heterocycles. The van der Waals surface area contributed by atoms with E-state index in [1.807, 2.05) is 4.90 Å². The molecule has 2 amide bonds. The highest BCUT2D eigenvalue weighted by molar-refractivity contribution is 5.85. The minimum Gasteiger partial charge on any atom is -0.347 e. The molecule has 0 spiro atoms. The van der Waals surface area contributed by atoms with Crippen molar-refractivity contribution in [2.45, 2.75) is 44.6 Å². The van der Waals surface area contributed by atoms with E-state index in [2.05, 4.69) is 10.6 Å². The molecule has 0 radical (unpaired) electrons. The third-order valence-electron chi connectivity index (χ3n) is 3.74. The number of likely N-dealkylation sites (tertiary alicyclic amines) is 1. The van der Waals surface area contributed by atoms with E-state index in [1.54, 1.807) is 0 Å². The zero-order valence-corrected chi connectivity index (χ0v) is 12.1. The summed E-state index contributed by atoms with van der Waals surface area (Å²) in [5.41, 5.74) is 0. The van der Waals surface area contributed by atoms with Gasteiger partial charge in [0.1, 0.15) is 0 Å². The normalized spacial score (nSPS) is 22.7. The first kappa shape index (κ1) is 16.2. The lowest BCUT2D eigenvalue weighted by atomic mass is 10.1. The fraction of sp³-hybridized carbons (Fsp3) is 0.846. The standard InChI is InChI=1S/C13H23N3O2.ClH/c17-12(9-11-5-4-6-14-11)15-10-13(18)16-7-2-1-3-8-16;/h11,14H,1-10H2,(H,15,17);1H. The van der Waals surface area contributed by atoms with Gasteiger partial charge in [0.15, 0.2) is 0 Å². The highest BCUT2D eigenvalue weighted by Crippen LogP contribution is 2.09. The molecule has 2 aliphatic heterocycles. The Hall–Kier alpha value is -0.810. The number of piperidine rings is 1. The van der Waals surface area contributed by atoms with Crippen LogP contribution in [0.5, 0.6) is 0 Å². The molecule has 5 nitrogen and oxygen atoms in total. The number of carbonyl (C=O) groups is 2. The highest BCUT2D eigenvalue weighted by atomic mass is 35.5. The van der Waals surface area contributed by atoms with E-state index >= 15 is 0 Å². The molecule has 2 saturated heterocycles. The zero-order chi connectivity index (χ0) is 12.8. The predicted molar refractivity (Wildman–Crippen MR) is 76.3 cm³/mol. The Morgan fingerprint density at radius 1 is 1.16 bits per heavy atom. The monoisotopic (exact) mass is 289 g/mol. The third-order valence-corrected chi connectivity index (χ3v) is 3.74. The fourth-order valence-electron chi connectivity index (χ4n) is 2.66. The van der Waals surface area contributed by atoms with Gasteiger partial charge in [-0.2, -0.15) is 0 Å². The van der Waals surface area contributed by atoms with Gasteiger partial charge in [0.25, 0.3) is 0 Å². The lowest BCUT2D eigenvalue weighted by Gasteiger charge is -2.26. The van der Waals surface area contributed by atoms with Crippen LogP contribution in [0.4, 0.5) is 0 Å². The molecule has 0 aromatic rings. The second kappa shape index (κ2) is 8.38. The van der Waals surface area contributed by atoms with Crippen LogP contribution in [0.25, 0.3) is 0 Å². The van der Waals surface area contributed by atoms with Crippen molar-refractivity contribution in [2.24, 2.45) is 0 Å². The van der Waals surface area contributed by atoms with Crippen LogP contribution in [0.3, 0.4) is 0 Å². The molecule has 0 aliphatic carbocycles. The Morgan fingerprint density at radius 2 is 1.89 bits per heavy atom. The summed E-state index contributed by atoms with van der Waals surface area (Å²) in [5, 5.41) is 6.02. The van der Waals surface area contributed by atoms with Crippen LogP contribution in [-0.4, -0.2) is 48.9 Å². The SMILES string of the molecule is Cl.O=C(CC1CCCN1)NCC(=O)N1CCCCC1. The van der Waals surface area contributed by atoms with Crippen molar-refractivity contribution in [1.82, 2.24) is 15.5 Å². The summed E-state index contributed by atoms with van der Waals surface area (Å²) < 4.78 is 0. The van der Waals surface area contributed by atoms with Crippen molar-refractivity contribution in [3.8, 4) is 0 Å². The summed E-state index contributed by atoms with van der Waals surface area (Å²) in [4.78, 5) is 25.4. The number of nitrogens with zero attached hydrogens (tertiary/aromatic N) is 1. The first-order chi connectivity index (χ1) is 8.75. The van der Waals surface area contributed by atoms with E-state index in [0.29, 0.717) is 12.5 Å². The Kier molecular flexibility index (Phi) is 7.16. The molecule has 110 valence electrons. The van der Waals surface area contributed by atoms with Gasteiger partial charge < -0.3 is 15.5 Å². The Labute approximate surface area is 120 Å². The van der Waals surface area contributed by atoms with Gasteiger partial charge in [-0.3, -0.25) is 9.59 Å². The number of rotatable bonds is 4. The van der Waals surface area contributed by atoms with Crippen molar-refractivity contribution in [3.63, 3.8) is 0 Å². The van der Waals surface area contributed by atoms with Crippen LogP contribution >= 0.6 is 12.4 Å².